The molecule has 0 unspecified atom stereocenters. The number of para-hydroxylation sites is 2. The number of carbonyl (C=O) groups is 1. The maximum atomic E-state index is 12.3. The Morgan fingerprint density at radius 1 is 1.00 bits per heavy atom. The Labute approximate surface area is 128 Å². The molecule has 1 aliphatic heterocycles. The topological polar surface area (TPSA) is 46.3 Å². The molecule has 110 valence electrons. The van der Waals surface area contributed by atoms with Gasteiger partial charge in [-0.1, -0.05) is 12.1 Å². The molecule has 0 spiro atoms. The second-order valence-corrected chi connectivity index (χ2v) is 5.56. The second-order valence-electron chi connectivity index (χ2n) is 5.56. The van der Waals surface area contributed by atoms with E-state index in [0.717, 1.165) is 48.2 Å². The molecule has 1 aliphatic rings. The van der Waals surface area contributed by atoms with Gasteiger partial charge >= 0.3 is 0 Å². The number of nitrogens with zero attached hydrogens (tertiary/aromatic N) is 2. The van der Waals surface area contributed by atoms with Gasteiger partial charge in [0.1, 0.15) is 5.52 Å². The van der Waals surface area contributed by atoms with Gasteiger partial charge in [-0.3, -0.25) is 4.79 Å². The summed E-state index contributed by atoms with van der Waals surface area (Å²) in [7, 11) is 0. The minimum absolute atomic E-state index is 0.113. The van der Waals surface area contributed by atoms with Crippen LogP contribution in [0.1, 0.15) is 23.2 Å². The van der Waals surface area contributed by atoms with E-state index < -0.39 is 0 Å². The molecule has 0 aliphatic carbocycles. The van der Waals surface area contributed by atoms with Gasteiger partial charge < -0.3 is 9.32 Å². The number of carbonyl (C=O) groups excluding carboxylic acids is 1. The van der Waals surface area contributed by atoms with Crippen LogP contribution in [-0.4, -0.2) is 28.9 Å². The second kappa shape index (κ2) is 5.30. The maximum absolute atomic E-state index is 12.3. The standard InChI is InChI=1S/C18H16N2O2/c21-18(20-11-3-4-12-20)14-9-7-13(8-10-14)17-19-15-5-1-2-6-16(15)22-17/h1-2,5-10H,3-4,11-12H2. The number of amides is 1. The van der Waals surface area contributed by atoms with Crippen LogP contribution < -0.4 is 0 Å². The highest BCUT2D eigenvalue weighted by atomic mass is 16.3. The highest BCUT2D eigenvalue weighted by Gasteiger charge is 2.19. The van der Waals surface area contributed by atoms with Crippen LogP contribution in [0.3, 0.4) is 0 Å². The van der Waals surface area contributed by atoms with Gasteiger partial charge in [-0.2, -0.15) is 0 Å². The fourth-order valence-electron chi connectivity index (χ4n) is 2.85. The molecule has 4 heteroatoms. The van der Waals surface area contributed by atoms with Crippen LogP contribution >= 0.6 is 0 Å². The summed E-state index contributed by atoms with van der Waals surface area (Å²) in [6.07, 6.45) is 2.21. The summed E-state index contributed by atoms with van der Waals surface area (Å²) >= 11 is 0. The summed E-state index contributed by atoms with van der Waals surface area (Å²) in [6, 6.07) is 15.2. The van der Waals surface area contributed by atoms with E-state index in [1.54, 1.807) is 0 Å². The first-order chi connectivity index (χ1) is 10.8. The van der Waals surface area contributed by atoms with Gasteiger partial charge in [0, 0.05) is 24.2 Å². The van der Waals surface area contributed by atoms with Crippen molar-refractivity contribution in [3.05, 3.63) is 54.1 Å². The normalized spacial score (nSPS) is 14.6. The van der Waals surface area contributed by atoms with Gasteiger partial charge in [-0.05, 0) is 49.2 Å². The van der Waals surface area contributed by atoms with E-state index in [4.69, 9.17) is 4.42 Å². The fraction of sp³-hybridized carbons (Fsp3) is 0.222. The van der Waals surface area contributed by atoms with Crippen LogP contribution in [0.2, 0.25) is 0 Å². The third-order valence-corrected chi connectivity index (χ3v) is 4.07. The lowest BCUT2D eigenvalue weighted by Gasteiger charge is -2.15. The Kier molecular flexibility index (Phi) is 3.15. The van der Waals surface area contributed by atoms with Crippen molar-refractivity contribution in [2.75, 3.05) is 13.1 Å². The number of aromatic nitrogens is 1. The molecule has 1 aromatic heterocycles. The average Bonchev–Trinajstić information content (AvgIpc) is 3.23. The average molecular weight is 292 g/mol. The SMILES string of the molecule is O=C(c1ccc(-c2nc3ccccc3o2)cc1)N1CCCC1. The van der Waals surface area contributed by atoms with E-state index in [0.29, 0.717) is 5.89 Å². The number of likely N-dealkylation sites (tertiary alicyclic amines) is 1. The van der Waals surface area contributed by atoms with Crippen LogP contribution in [0.5, 0.6) is 0 Å². The zero-order valence-electron chi connectivity index (χ0n) is 12.2. The molecule has 3 aromatic rings. The minimum atomic E-state index is 0.113. The molecule has 1 fully saturated rings. The van der Waals surface area contributed by atoms with E-state index in [-0.39, 0.29) is 5.91 Å². The predicted octanol–water partition coefficient (Wildman–Crippen LogP) is 3.73. The third kappa shape index (κ3) is 2.26. The summed E-state index contributed by atoms with van der Waals surface area (Å²) in [4.78, 5) is 18.7. The number of rotatable bonds is 2. The molecule has 0 N–H and O–H groups in total. The summed E-state index contributed by atoms with van der Waals surface area (Å²) in [5, 5.41) is 0. The molecule has 1 saturated heterocycles. The molecule has 4 rings (SSSR count). The molecule has 1 amide bonds. The molecule has 0 bridgehead atoms. The zero-order chi connectivity index (χ0) is 14.9. The number of benzene rings is 2. The first kappa shape index (κ1) is 13.1. The van der Waals surface area contributed by atoms with Gasteiger partial charge in [0.25, 0.3) is 5.91 Å². The largest absolute Gasteiger partial charge is 0.436 e. The van der Waals surface area contributed by atoms with Crippen molar-refractivity contribution < 1.29 is 9.21 Å². The van der Waals surface area contributed by atoms with E-state index in [9.17, 15) is 4.79 Å². The van der Waals surface area contributed by atoms with Gasteiger partial charge in [0.05, 0.1) is 0 Å². The van der Waals surface area contributed by atoms with E-state index in [2.05, 4.69) is 4.98 Å². The Bertz CT molecular complexity index is 781. The molecule has 0 atom stereocenters. The molecule has 4 nitrogen and oxygen atoms in total. The lowest BCUT2D eigenvalue weighted by molar-refractivity contribution is 0.0793. The maximum Gasteiger partial charge on any atom is 0.253 e. The van der Waals surface area contributed by atoms with Crippen LogP contribution in [0.25, 0.3) is 22.6 Å². The number of fused-ring (bicyclic) bond motifs is 1. The number of hydrogen-bond acceptors (Lipinski definition) is 3. The molecular weight excluding hydrogens is 276 g/mol. The minimum Gasteiger partial charge on any atom is -0.436 e. The van der Waals surface area contributed by atoms with Crippen molar-refractivity contribution in [2.45, 2.75) is 12.8 Å². The van der Waals surface area contributed by atoms with Gasteiger partial charge in [0.2, 0.25) is 5.89 Å². The van der Waals surface area contributed by atoms with Gasteiger partial charge in [-0.25, -0.2) is 4.98 Å². The number of oxazole rings is 1. The Hall–Kier alpha value is -2.62. The van der Waals surface area contributed by atoms with Crippen molar-refractivity contribution in [3.8, 4) is 11.5 Å². The fourth-order valence-corrected chi connectivity index (χ4v) is 2.85. The summed E-state index contributed by atoms with van der Waals surface area (Å²) in [6.45, 7) is 1.73. The van der Waals surface area contributed by atoms with Crippen molar-refractivity contribution in [2.24, 2.45) is 0 Å². The Balaban J connectivity index is 1.62. The third-order valence-electron chi connectivity index (χ3n) is 4.07. The van der Waals surface area contributed by atoms with Gasteiger partial charge in [0.15, 0.2) is 5.58 Å². The first-order valence-corrected chi connectivity index (χ1v) is 7.56. The van der Waals surface area contributed by atoms with Crippen LogP contribution in [0.15, 0.2) is 52.9 Å². The molecule has 2 aromatic carbocycles. The van der Waals surface area contributed by atoms with Crippen LogP contribution in [0, 0.1) is 0 Å². The summed E-state index contributed by atoms with van der Waals surface area (Å²) in [5.41, 5.74) is 3.22. The van der Waals surface area contributed by atoms with Crippen LogP contribution in [-0.2, 0) is 0 Å². The predicted molar refractivity (Wildman–Crippen MR) is 84.6 cm³/mol. The zero-order valence-corrected chi connectivity index (χ0v) is 12.2. The van der Waals surface area contributed by atoms with Crippen molar-refractivity contribution >= 4 is 17.0 Å². The Morgan fingerprint density at radius 3 is 2.45 bits per heavy atom. The van der Waals surface area contributed by atoms with Crippen molar-refractivity contribution in [1.82, 2.24) is 9.88 Å². The molecule has 22 heavy (non-hydrogen) atoms. The van der Waals surface area contributed by atoms with Gasteiger partial charge in [-0.15, -0.1) is 0 Å². The lowest BCUT2D eigenvalue weighted by Crippen LogP contribution is -2.27. The van der Waals surface area contributed by atoms with Crippen molar-refractivity contribution in [1.29, 1.82) is 0 Å². The lowest BCUT2D eigenvalue weighted by atomic mass is 10.1. The monoisotopic (exact) mass is 292 g/mol. The van der Waals surface area contributed by atoms with Crippen LogP contribution in [0.4, 0.5) is 0 Å². The highest BCUT2D eigenvalue weighted by molar-refractivity contribution is 5.94. The van der Waals surface area contributed by atoms with E-state index >= 15 is 0 Å². The van der Waals surface area contributed by atoms with E-state index in [1.165, 1.54) is 0 Å². The molecule has 0 radical (unpaired) electrons. The quantitative estimate of drug-likeness (QED) is 0.723. The number of hydrogen-bond donors (Lipinski definition) is 0. The Morgan fingerprint density at radius 2 is 1.73 bits per heavy atom. The molecular formula is C18H16N2O2. The van der Waals surface area contributed by atoms with Crippen molar-refractivity contribution in [3.63, 3.8) is 0 Å². The first-order valence-electron chi connectivity index (χ1n) is 7.56. The highest BCUT2D eigenvalue weighted by Crippen LogP contribution is 2.24. The summed E-state index contributed by atoms with van der Waals surface area (Å²) < 4.78 is 5.75. The van der Waals surface area contributed by atoms with E-state index in [1.807, 2.05) is 53.4 Å². The molecule has 2 heterocycles. The summed E-state index contributed by atoms with van der Waals surface area (Å²) in [5.74, 6) is 0.697. The molecule has 0 saturated carbocycles. The smallest absolute Gasteiger partial charge is 0.253 e.